The van der Waals surface area contributed by atoms with Gasteiger partial charge in [-0.1, -0.05) is 12.1 Å². The van der Waals surface area contributed by atoms with E-state index in [4.69, 9.17) is 4.74 Å². The SMILES string of the molecule is CN1CCCN(S(=O)(=O)c2cccc3c2OC(C)(C)C3)CC1. The zero-order valence-electron chi connectivity index (χ0n) is 13.5. The topological polar surface area (TPSA) is 49.9 Å². The maximum Gasteiger partial charge on any atom is 0.246 e. The summed E-state index contributed by atoms with van der Waals surface area (Å²) in [6.07, 6.45) is 1.60. The predicted molar refractivity (Wildman–Crippen MR) is 85.7 cm³/mol. The van der Waals surface area contributed by atoms with Crippen LogP contribution in [0.4, 0.5) is 0 Å². The molecule has 6 heteroatoms. The van der Waals surface area contributed by atoms with Gasteiger partial charge in [-0.05, 0) is 45.5 Å². The lowest BCUT2D eigenvalue weighted by molar-refractivity contribution is 0.135. The van der Waals surface area contributed by atoms with Crippen molar-refractivity contribution in [2.45, 2.75) is 37.2 Å². The van der Waals surface area contributed by atoms with E-state index in [9.17, 15) is 8.42 Å². The highest BCUT2D eigenvalue weighted by molar-refractivity contribution is 7.89. The number of ether oxygens (including phenoxy) is 1. The zero-order chi connectivity index (χ0) is 16.0. The number of sulfonamides is 1. The number of benzene rings is 1. The Morgan fingerprint density at radius 2 is 1.91 bits per heavy atom. The van der Waals surface area contributed by atoms with Crippen LogP contribution in [0.15, 0.2) is 23.1 Å². The van der Waals surface area contributed by atoms with Crippen LogP contribution in [0.5, 0.6) is 5.75 Å². The van der Waals surface area contributed by atoms with Crippen molar-refractivity contribution in [3.8, 4) is 5.75 Å². The minimum Gasteiger partial charge on any atom is -0.486 e. The molecule has 1 fully saturated rings. The molecule has 0 saturated carbocycles. The number of hydrogen-bond acceptors (Lipinski definition) is 4. The molecule has 0 aliphatic carbocycles. The third kappa shape index (κ3) is 2.87. The molecule has 1 aromatic carbocycles. The lowest BCUT2D eigenvalue weighted by atomic mass is 10.0. The third-order valence-electron chi connectivity index (χ3n) is 4.35. The molecule has 0 aromatic heterocycles. The Labute approximate surface area is 132 Å². The van der Waals surface area contributed by atoms with E-state index in [-0.39, 0.29) is 5.60 Å². The molecule has 1 aromatic rings. The summed E-state index contributed by atoms with van der Waals surface area (Å²) in [7, 11) is -1.47. The maximum absolute atomic E-state index is 13.0. The average molecular weight is 324 g/mol. The molecule has 2 aliphatic heterocycles. The molecule has 22 heavy (non-hydrogen) atoms. The van der Waals surface area contributed by atoms with Gasteiger partial charge in [-0.2, -0.15) is 4.31 Å². The molecule has 5 nitrogen and oxygen atoms in total. The van der Waals surface area contributed by atoms with Gasteiger partial charge in [0.25, 0.3) is 0 Å². The maximum atomic E-state index is 13.0. The number of rotatable bonds is 2. The molecule has 0 spiro atoms. The molecule has 1 saturated heterocycles. The predicted octanol–water partition coefficient (Wildman–Crippen LogP) is 1.73. The van der Waals surface area contributed by atoms with Gasteiger partial charge in [-0.3, -0.25) is 0 Å². The fourth-order valence-corrected chi connectivity index (χ4v) is 4.82. The van der Waals surface area contributed by atoms with Gasteiger partial charge >= 0.3 is 0 Å². The van der Waals surface area contributed by atoms with Crippen molar-refractivity contribution >= 4 is 10.0 Å². The quantitative estimate of drug-likeness (QED) is 0.831. The average Bonchev–Trinajstić information content (AvgIpc) is 2.59. The molecular weight excluding hydrogens is 300 g/mol. The molecule has 0 bridgehead atoms. The van der Waals surface area contributed by atoms with E-state index in [0.717, 1.165) is 31.5 Å². The number of nitrogens with zero attached hydrogens (tertiary/aromatic N) is 2. The number of hydrogen-bond donors (Lipinski definition) is 0. The van der Waals surface area contributed by atoms with Gasteiger partial charge in [0.2, 0.25) is 10.0 Å². The third-order valence-corrected chi connectivity index (χ3v) is 6.27. The molecule has 0 radical (unpaired) electrons. The van der Waals surface area contributed by atoms with Crippen LogP contribution in [0.25, 0.3) is 0 Å². The highest BCUT2D eigenvalue weighted by atomic mass is 32.2. The number of fused-ring (bicyclic) bond motifs is 1. The second kappa shape index (κ2) is 5.51. The fourth-order valence-electron chi connectivity index (χ4n) is 3.19. The van der Waals surface area contributed by atoms with Gasteiger partial charge in [0.1, 0.15) is 16.2 Å². The molecule has 2 aliphatic rings. The zero-order valence-corrected chi connectivity index (χ0v) is 14.3. The Morgan fingerprint density at radius 1 is 1.14 bits per heavy atom. The molecule has 3 rings (SSSR count). The molecular formula is C16H24N2O3S. The molecule has 0 amide bonds. The lowest BCUT2D eigenvalue weighted by Gasteiger charge is -2.22. The monoisotopic (exact) mass is 324 g/mol. The van der Waals surface area contributed by atoms with Gasteiger partial charge in [0.05, 0.1) is 0 Å². The lowest BCUT2D eigenvalue weighted by Crippen LogP contribution is -2.35. The van der Waals surface area contributed by atoms with E-state index >= 15 is 0 Å². The fraction of sp³-hybridized carbons (Fsp3) is 0.625. The molecule has 0 atom stereocenters. The standard InChI is InChI=1S/C16H24N2O3S/c1-16(2)12-13-6-4-7-14(15(13)21-16)22(19,20)18-9-5-8-17(3)10-11-18/h4,6-7H,5,8-12H2,1-3H3. The normalized spacial score (nSPS) is 22.9. The van der Waals surface area contributed by atoms with Crippen molar-refractivity contribution < 1.29 is 13.2 Å². The Kier molecular flexibility index (Phi) is 3.95. The van der Waals surface area contributed by atoms with Gasteiger partial charge in [-0.15, -0.1) is 0 Å². The van der Waals surface area contributed by atoms with Gasteiger partial charge in [0.15, 0.2) is 0 Å². The van der Waals surface area contributed by atoms with E-state index in [1.165, 1.54) is 0 Å². The van der Waals surface area contributed by atoms with Crippen molar-refractivity contribution in [2.24, 2.45) is 0 Å². The van der Waals surface area contributed by atoms with Crippen LogP contribution in [0.3, 0.4) is 0 Å². The summed E-state index contributed by atoms with van der Waals surface area (Å²) >= 11 is 0. The number of likely N-dealkylation sites (N-methyl/N-ethyl adjacent to an activating group) is 1. The summed E-state index contributed by atoms with van der Waals surface area (Å²) in [4.78, 5) is 2.49. The summed E-state index contributed by atoms with van der Waals surface area (Å²) in [5, 5.41) is 0. The van der Waals surface area contributed by atoms with Crippen LogP contribution < -0.4 is 4.74 Å². The van der Waals surface area contributed by atoms with E-state index in [0.29, 0.717) is 23.7 Å². The highest BCUT2D eigenvalue weighted by Gasteiger charge is 2.37. The van der Waals surface area contributed by atoms with Crippen LogP contribution in [-0.4, -0.2) is 56.5 Å². The van der Waals surface area contributed by atoms with Crippen LogP contribution in [0, 0.1) is 0 Å². The van der Waals surface area contributed by atoms with E-state index in [2.05, 4.69) is 4.90 Å². The van der Waals surface area contributed by atoms with Crippen molar-refractivity contribution in [3.63, 3.8) is 0 Å². The number of para-hydroxylation sites is 1. The Bertz CT molecular complexity index is 670. The molecule has 0 N–H and O–H groups in total. The van der Waals surface area contributed by atoms with Gasteiger partial charge < -0.3 is 9.64 Å². The Balaban J connectivity index is 1.96. The van der Waals surface area contributed by atoms with Crippen molar-refractivity contribution in [1.82, 2.24) is 9.21 Å². The second-order valence-corrected chi connectivity index (χ2v) is 8.75. The van der Waals surface area contributed by atoms with Crippen LogP contribution in [-0.2, 0) is 16.4 Å². The molecule has 0 unspecified atom stereocenters. The highest BCUT2D eigenvalue weighted by Crippen LogP contribution is 2.40. The summed E-state index contributed by atoms with van der Waals surface area (Å²) in [6.45, 7) is 6.78. The first-order valence-corrected chi connectivity index (χ1v) is 9.23. The minimum absolute atomic E-state index is 0.320. The van der Waals surface area contributed by atoms with Crippen LogP contribution in [0.2, 0.25) is 0 Å². The summed E-state index contributed by atoms with van der Waals surface area (Å²) in [5.74, 6) is 0.546. The van der Waals surface area contributed by atoms with Crippen molar-refractivity contribution in [2.75, 3.05) is 33.2 Å². The second-order valence-electron chi connectivity index (χ2n) is 6.84. The first-order valence-electron chi connectivity index (χ1n) is 7.79. The Hall–Kier alpha value is -1.11. The van der Waals surface area contributed by atoms with Crippen LogP contribution >= 0.6 is 0 Å². The van der Waals surface area contributed by atoms with Gasteiger partial charge in [0, 0.05) is 26.1 Å². The first kappa shape index (κ1) is 15.8. The van der Waals surface area contributed by atoms with E-state index < -0.39 is 10.0 Å². The van der Waals surface area contributed by atoms with Crippen LogP contribution in [0.1, 0.15) is 25.8 Å². The first-order chi connectivity index (χ1) is 10.3. The van der Waals surface area contributed by atoms with Gasteiger partial charge in [-0.25, -0.2) is 8.42 Å². The summed E-state index contributed by atoms with van der Waals surface area (Å²) in [5.41, 5.74) is 0.644. The Morgan fingerprint density at radius 3 is 2.68 bits per heavy atom. The molecule has 122 valence electrons. The summed E-state index contributed by atoms with van der Waals surface area (Å²) in [6, 6.07) is 5.45. The van der Waals surface area contributed by atoms with E-state index in [1.54, 1.807) is 10.4 Å². The largest absolute Gasteiger partial charge is 0.486 e. The summed E-state index contributed by atoms with van der Waals surface area (Å²) < 4.78 is 33.6. The smallest absolute Gasteiger partial charge is 0.246 e. The van der Waals surface area contributed by atoms with Crippen molar-refractivity contribution in [1.29, 1.82) is 0 Å². The molecule has 2 heterocycles. The van der Waals surface area contributed by atoms with Crippen molar-refractivity contribution in [3.05, 3.63) is 23.8 Å². The van der Waals surface area contributed by atoms with E-state index in [1.807, 2.05) is 33.0 Å². The minimum atomic E-state index is -3.50.